The van der Waals surface area contributed by atoms with Crippen molar-refractivity contribution in [3.63, 3.8) is 0 Å². The zero-order chi connectivity index (χ0) is 16.9. The van der Waals surface area contributed by atoms with Crippen LogP contribution in [0.2, 0.25) is 0 Å². The molecule has 2 aromatic heterocycles. The molecule has 1 amide bonds. The van der Waals surface area contributed by atoms with Gasteiger partial charge in [0.2, 0.25) is 11.1 Å². The van der Waals surface area contributed by atoms with Crippen LogP contribution in [-0.2, 0) is 11.3 Å². The van der Waals surface area contributed by atoms with Gasteiger partial charge in [-0.3, -0.25) is 4.79 Å². The number of hydrogen-bond donors (Lipinski definition) is 2. The minimum atomic E-state index is -0.340. The summed E-state index contributed by atoms with van der Waals surface area (Å²) < 4.78 is 14.8. The Balaban J connectivity index is 1.54. The quantitative estimate of drug-likeness (QED) is 0.518. The first-order valence-electron chi connectivity index (χ1n) is 7.02. The molecule has 0 radical (unpaired) electrons. The average Bonchev–Trinajstić information content (AvgIpc) is 3.22. The number of thioether (sulfide) groups is 1. The Hall–Kier alpha value is -2.39. The summed E-state index contributed by atoms with van der Waals surface area (Å²) in [5.74, 6) is 6.06. The number of carbonyl (C=O) groups is 1. The Morgan fingerprint density at radius 3 is 2.88 bits per heavy atom. The summed E-state index contributed by atoms with van der Waals surface area (Å²) in [7, 11) is 0. The van der Waals surface area contributed by atoms with E-state index in [4.69, 9.17) is 5.84 Å². The molecule has 9 heteroatoms. The van der Waals surface area contributed by atoms with Crippen molar-refractivity contribution < 1.29 is 9.18 Å². The Labute approximate surface area is 145 Å². The normalized spacial score (nSPS) is 10.7. The summed E-state index contributed by atoms with van der Waals surface area (Å²) in [6, 6.07) is 10.1. The summed E-state index contributed by atoms with van der Waals surface area (Å²) >= 11 is 2.68. The lowest BCUT2D eigenvalue weighted by Gasteiger charge is -2.06. The third-order valence-corrected chi connectivity index (χ3v) is 4.98. The van der Waals surface area contributed by atoms with Gasteiger partial charge >= 0.3 is 0 Å². The Morgan fingerprint density at radius 2 is 2.12 bits per heavy atom. The number of benzene rings is 1. The van der Waals surface area contributed by atoms with Crippen LogP contribution in [-0.4, -0.2) is 26.5 Å². The van der Waals surface area contributed by atoms with E-state index in [9.17, 15) is 9.18 Å². The molecule has 0 bridgehead atoms. The predicted molar refractivity (Wildman–Crippen MR) is 92.5 cm³/mol. The van der Waals surface area contributed by atoms with E-state index in [0.29, 0.717) is 16.5 Å². The van der Waals surface area contributed by atoms with E-state index >= 15 is 0 Å². The van der Waals surface area contributed by atoms with Crippen LogP contribution >= 0.6 is 23.1 Å². The van der Waals surface area contributed by atoms with Crippen LogP contribution in [0.5, 0.6) is 0 Å². The van der Waals surface area contributed by atoms with Crippen molar-refractivity contribution in [2.75, 3.05) is 11.6 Å². The topological polar surface area (TPSA) is 85.8 Å². The average molecular weight is 363 g/mol. The predicted octanol–water partition coefficient (Wildman–Crippen LogP) is 2.27. The molecule has 0 aliphatic rings. The molecule has 6 nitrogen and oxygen atoms in total. The molecule has 2 heterocycles. The number of thiophene rings is 1. The van der Waals surface area contributed by atoms with E-state index < -0.39 is 0 Å². The number of halogens is 1. The number of aromatic nitrogens is 3. The lowest BCUT2D eigenvalue weighted by atomic mass is 10.2. The highest BCUT2D eigenvalue weighted by molar-refractivity contribution is 7.99. The monoisotopic (exact) mass is 363 g/mol. The molecule has 0 atom stereocenters. The summed E-state index contributed by atoms with van der Waals surface area (Å²) in [6.45, 7) is 0.141. The molecule has 124 valence electrons. The molecule has 0 aliphatic heterocycles. The number of nitrogen functional groups attached to an aromatic ring is 1. The van der Waals surface area contributed by atoms with Crippen molar-refractivity contribution in [1.82, 2.24) is 20.2 Å². The number of rotatable bonds is 6. The van der Waals surface area contributed by atoms with Crippen LogP contribution in [0.15, 0.2) is 46.9 Å². The van der Waals surface area contributed by atoms with E-state index in [1.54, 1.807) is 18.2 Å². The minimum absolute atomic E-state index is 0.119. The number of nitrogens with zero attached hydrogens (tertiary/aromatic N) is 3. The van der Waals surface area contributed by atoms with E-state index in [1.165, 1.54) is 33.8 Å². The van der Waals surface area contributed by atoms with Gasteiger partial charge in [-0.25, -0.2) is 9.07 Å². The van der Waals surface area contributed by atoms with Crippen molar-refractivity contribution >= 4 is 29.0 Å². The lowest BCUT2D eigenvalue weighted by molar-refractivity contribution is -0.118. The summed E-state index contributed by atoms with van der Waals surface area (Å²) in [5.41, 5.74) is 0.442. The molecule has 24 heavy (non-hydrogen) atoms. The number of amides is 1. The fraction of sp³-hybridized carbons (Fsp3) is 0.133. The molecule has 0 saturated heterocycles. The molecule has 3 aromatic rings. The number of carbonyl (C=O) groups excluding carboxylic acids is 1. The lowest BCUT2D eigenvalue weighted by Crippen LogP contribution is -2.25. The molecule has 0 saturated carbocycles. The molecular formula is C15H14FN5OS2. The highest BCUT2D eigenvalue weighted by atomic mass is 32.2. The molecule has 0 unspecified atom stereocenters. The highest BCUT2D eigenvalue weighted by Crippen LogP contribution is 2.24. The fourth-order valence-corrected chi connectivity index (χ4v) is 3.36. The van der Waals surface area contributed by atoms with Crippen LogP contribution in [0.1, 0.15) is 5.56 Å². The maximum Gasteiger partial charge on any atom is 0.230 e. The molecule has 0 spiro atoms. The smallest absolute Gasteiger partial charge is 0.230 e. The van der Waals surface area contributed by atoms with Crippen molar-refractivity contribution in [1.29, 1.82) is 0 Å². The first kappa shape index (κ1) is 16.5. The first-order chi connectivity index (χ1) is 11.6. The van der Waals surface area contributed by atoms with Crippen molar-refractivity contribution in [3.8, 4) is 10.7 Å². The third kappa shape index (κ3) is 3.74. The second-order valence-corrected chi connectivity index (χ2v) is 6.70. The highest BCUT2D eigenvalue weighted by Gasteiger charge is 2.14. The van der Waals surface area contributed by atoms with Crippen molar-refractivity contribution in [2.45, 2.75) is 11.7 Å². The van der Waals surface area contributed by atoms with Gasteiger partial charge in [0.25, 0.3) is 0 Å². The van der Waals surface area contributed by atoms with Crippen LogP contribution < -0.4 is 11.2 Å². The summed E-state index contributed by atoms with van der Waals surface area (Å²) in [4.78, 5) is 12.8. The van der Waals surface area contributed by atoms with Gasteiger partial charge in [0.1, 0.15) is 5.82 Å². The summed E-state index contributed by atoms with van der Waals surface area (Å²) in [6.07, 6.45) is 0. The summed E-state index contributed by atoms with van der Waals surface area (Å²) in [5, 5.41) is 13.1. The van der Waals surface area contributed by atoms with Crippen molar-refractivity contribution in [3.05, 3.63) is 53.2 Å². The van der Waals surface area contributed by atoms with Gasteiger partial charge in [-0.1, -0.05) is 36.0 Å². The number of nitrogens with two attached hydrogens (primary N) is 1. The van der Waals surface area contributed by atoms with Gasteiger partial charge in [-0.2, -0.15) is 0 Å². The van der Waals surface area contributed by atoms with Gasteiger partial charge < -0.3 is 11.2 Å². The molecule has 3 rings (SSSR count). The van der Waals surface area contributed by atoms with Gasteiger partial charge in [0.15, 0.2) is 5.82 Å². The molecule has 0 fully saturated rings. The zero-order valence-electron chi connectivity index (χ0n) is 12.5. The molecular weight excluding hydrogens is 349 g/mol. The van der Waals surface area contributed by atoms with Gasteiger partial charge in [0, 0.05) is 12.1 Å². The maximum absolute atomic E-state index is 13.5. The Bertz CT molecular complexity index is 834. The zero-order valence-corrected chi connectivity index (χ0v) is 14.1. The first-order valence-corrected chi connectivity index (χ1v) is 8.89. The van der Waals surface area contributed by atoms with Gasteiger partial charge in [0.05, 0.1) is 10.6 Å². The van der Waals surface area contributed by atoms with E-state index in [0.717, 1.165) is 4.88 Å². The third-order valence-electron chi connectivity index (χ3n) is 3.17. The van der Waals surface area contributed by atoms with E-state index in [1.807, 2.05) is 17.5 Å². The van der Waals surface area contributed by atoms with Crippen LogP contribution in [0.3, 0.4) is 0 Å². The molecule has 0 aliphatic carbocycles. The van der Waals surface area contributed by atoms with Crippen molar-refractivity contribution in [2.24, 2.45) is 0 Å². The fourth-order valence-electron chi connectivity index (χ4n) is 1.97. The Kier molecular flexibility index (Phi) is 5.11. The van der Waals surface area contributed by atoms with Crippen LogP contribution in [0.4, 0.5) is 4.39 Å². The molecule has 1 aromatic carbocycles. The second kappa shape index (κ2) is 7.45. The van der Waals surface area contributed by atoms with Crippen LogP contribution in [0, 0.1) is 5.82 Å². The van der Waals surface area contributed by atoms with Gasteiger partial charge in [-0.05, 0) is 17.5 Å². The minimum Gasteiger partial charge on any atom is -0.351 e. The standard InChI is InChI=1S/C15H14FN5OS2/c16-11-5-2-1-4-10(11)8-18-13(22)9-24-15-20-19-14(21(15)17)12-6-3-7-23-12/h1-7H,8-9,17H2,(H,18,22). The van der Waals surface area contributed by atoms with Crippen LogP contribution in [0.25, 0.3) is 10.7 Å². The van der Waals surface area contributed by atoms with Gasteiger partial charge in [-0.15, -0.1) is 21.5 Å². The SMILES string of the molecule is Nn1c(SCC(=O)NCc2ccccc2F)nnc1-c1cccs1. The maximum atomic E-state index is 13.5. The number of nitrogens with one attached hydrogen (secondary N) is 1. The Morgan fingerprint density at radius 1 is 1.29 bits per heavy atom. The van der Waals surface area contributed by atoms with E-state index in [-0.39, 0.29) is 24.0 Å². The number of hydrogen-bond acceptors (Lipinski definition) is 6. The van der Waals surface area contributed by atoms with E-state index in [2.05, 4.69) is 15.5 Å². The molecule has 3 N–H and O–H groups in total. The largest absolute Gasteiger partial charge is 0.351 e. The second-order valence-electron chi connectivity index (χ2n) is 4.81.